The molecule has 1 N–H and O–H groups in total. The van der Waals surface area contributed by atoms with Gasteiger partial charge < -0.3 is 24.2 Å². The lowest BCUT2D eigenvalue weighted by Gasteiger charge is -2.20. The average Bonchev–Trinajstić information content (AvgIpc) is 2.92. The predicted octanol–water partition coefficient (Wildman–Crippen LogP) is 2.41. The molecule has 1 amide bonds. The molecule has 2 aromatic rings. The molecule has 0 radical (unpaired) electrons. The summed E-state index contributed by atoms with van der Waals surface area (Å²) < 4.78 is 15.9. The summed E-state index contributed by atoms with van der Waals surface area (Å²) in [6.07, 6.45) is 1.44. The molecule has 0 unspecified atom stereocenters. The Hall–Kier alpha value is -3.22. The summed E-state index contributed by atoms with van der Waals surface area (Å²) in [6, 6.07) is 10.6. The van der Waals surface area contributed by atoms with Crippen molar-refractivity contribution >= 4 is 11.9 Å². The number of fused-ring (bicyclic) bond motifs is 1. The molecule has 0 saturated heterocycles. The van der Waals surface area contributed by atoms with Crippen molar-refractivity contribution in [2.75, 3.05) is 33.9 Å². The smallest absolute Gasteiger partial charge is 0.341 e. The molecule has 0 fully saturated rings. The molecule has 0 saturated carbocycles. The summed E-state index contributed by atoms with van der Waals surface area (Å²) in [4.78, 5) is 25.4. The van der Waals surface area contributed by atoms with E-state index >= 15 is 0 Å². The number of nitrogens with zero attached hydrogens (tertiary/aromatic N) is 1. The molecule has 7 heteroatoms. The van der Waals surface area contributed by atoms with Crippen LogP contribution in [0.4, 0.5) is 0 Å². The van der Waals surface area contributed by atoms with Crippen molar-refractivity contribution in [3.63, 3.8) is 0 Å². The monoisotopic (exact) mass is 385 g/mol. The van der Waals surface area contributed by atoms with E-state index in [1.807, 2.05) is 12.1 Å². The third-order valence-corrected chi connectivity index (χ3v) is 4.74. The number of carbonyl (C=O) groups is 2. The summed E-state index contributed by atoms with van der Waals surface area (Å²) in [6.45, 7) is 0.726. The molecular weight excluding hydrogens is 362 g/mol. The SMILES string of the molecule is COc1cc2c(cc1OC)CCN(C(=O)c1cccc(OCC(=O)O)c1)CC2. The van der Waals surface area contributed by atoms with Crippen LogP contribution in [-0.2, 0) is 17.6 Å². The third kappa shape index (κ3) is 4.36. The molecular formula is C21H23NO6. The van der Waals surface area contributed by atoms with E-state index in [9.17, 15) is 9.59 Å². The van der Waals surface area contributed by atoms with Gasteiger partial charge in [-0.1, -0.05) is 6.07 Å². The first-order valence-electron chi connectivity index (χ1n) is 8.99. The van der Waals surface area contributed by atoms with Gasteiger partial charge >= 0.3 is 5.97 Å². The van der Waals surface area contributed by atoms with Crippen LogP contribution in [0.15, 0.2) is 36.4 Å². The minimum absolute atomic E-state index is 0.104. The molecule has 28 heavy (non-hydrogen) atoms. The Bertz CT molecular complexity index is 844. The topological polar surface area (TPSA) is 85.3 Å². The van der Waals surface area contributed by atoms with Gasteiger partial charge in [-0.2, -0.15) is 0 Å². The highest BCUT2D eigenvalue weighted by Crippen LogP contribution is 2.32. The zero-order valence-corrected chi connectivity index (χ0v) is 15.9. The summed E-state index contributed by atoms with van der Waals surface area (Å²) in [7, 11) is 3.21. The zero-order valence-electron chi connectivity index (χ0n) is 15.9. The van der Waals surface area contributed by atoms with Gasteiger partial charge in [-0.15, -0.1) is 0 Å². The number of rotatable bonds is 6. The first-order valence-corrected chi connectivity index (χ1v) is 8.99. The first kappa shape index (κ1) is 19.5. The molecule has 3 rings (SSSR count). The molecule has 2 aromatic carbocycles. The number of benzene rings is 2. The second-order valence-electron chi connectivity index (χ2n) is 6.48. The van der Waals surface area contributed by atoms with E-state index in [2.05, 4.69) is 0 Å². The van der Waals surface area contributed by atoms with Gasteiger partial charge in [0, 0.05) is 18.7 Å². The van der Waals surface area contributed by atoms with Gasteiger partial charge in [-0.25, -0.2) is 4.79 Å². The van der Waals surface area contributed by atoms with Crippen molar-refractivity contribution in [3.8, 4) is 17.2 Å². The number of carbonyl (C=O) groups excluding carboxylic acids is 1. The second-order valence-corrected chi connectivity index (χ2v) is 6.48. The molecule has 1 heterocycles. The zero-order chi connectivity index (χ0) is 20.1. The van der Waals surface area contributed by atoms with Crippen molar-refractivity contribution < 1.29 is 28.9 Å². The van der Waals surface area contributed by atoms with Gasteiger partial charge in [0.1, 0.15) is 5.75 Å². The van der Waals surface area contributed by atoms with Crippen LogP contribution in [0, 0.1) is 0 Å². The van der Waals surface area contributed by atoms with Gasteiger partial charge in [-0.05, 0) is 54.3 Å². The van der Waals surface area contributed by atoms with Crippen LogP contribution in [0.3, 0.4) is 0 Å². The molecule has 0 atom stereocenters. The fraction of sp³-hybridized carbons (Fsp3) is 0.333. The van der Waals surface area contributed by atoms with Crippen LogP contribution in [0.5, 0.6) is 17.2 Å². The lowest BCUT2D eigenvalue weighted by molar-refractivity contribution is -0.139. The highest BCUT2D eigenvalue weighted by atomic mass is 16.5. The Morgan fingerprint density at radius 1 is 1.00 bits per heavy atom. The molecule has 148 valence electrons. The fourth-order valence-corrected chi connectivity index (χ4v) is 3.30. The highest BCUT2D eigenvalue weighted by molar-refractivity contribution is 5.94. The van der Waals surface area contributed by atoms with Crippen LogP contribution in [-0.4, -0.2) is 55.8 Å². The Kier molecular flexibility index (Phi) is 6.03. The maximum absolute atomic E-state index is 12.9. The van der Waals surface area contributed by atoms with E-state index in [0.717, 1.165) is 24.0 Å². The largest absolute Gasteiger partial charge is 0.493 e. The Morgan fingerprint density at radius 2 is 1.61 bits per heavy atom. The van der Waals surface area contributed by atoms with Crippen LogP contribution in [0.25, 0.3) is 0 Å². The van der Waals surface area contributed by atoms with E-state index in [0.29, 0.717) is 35.9 Å². The number of carboxylic acid groups (broad SMARTS) is 1. The number of methoxy groups -OCH3 is 2. The molecule has 1 aliphatic rings. The van der Waals surface area contributed by atoms with Crippen molar-refractivity contribution in [3.05, 3.63) is 53.1 Å². The van der Waals surface area contributed by atoms with Crippen LogP contribution >= 0.6 is 0 Å². The lowest BCUT2D eigenvalue weighted by atomic mass is 10.0. The predicted molar refractivity (Wildman–Crippen MR) is 102 cm³/mol. The minimum Gasteiger partial charge on any atom is -0.493 e. The van der Waals surface area contributed by atoms with E-state index in [1.54, 1.807) is 43.4 Å². The van der Waals surface area contributed by atoms with Crippen LogP contribution in [0.1, 0.15) is 21.5 Å². The quantitative estimate of drug-likeness (QED) is 0.822. The second kappa shape index (κ2) is 8.65. The fourth-order valence-electron chi connectivity index (χ4n) is 3.30. The summed E-state index contributed by atoms with van der Waals surface area (Å²) in [5.41, 5.74) is 2.77. The van der Waals surface area contributed by atoms with E-state index in [-0.39, 0.29) is 5.91 Å². The minimum atomic E-state index is -1.06. The Labute approximate surface area is 163 Å². The molecule has 1 aliphatic heterocycles. The maximum Gasteiger partial charge on any atom is 0.341 e. The van der Waals surface area contributed by atoms with Crippen molar-refractivity contribution in [2.24, 2.45) is 0 Å². The normalized spacial score (nSPS) is 13.3. The lowest BCUT2D eigenvalue weighted by Crippen LogP contribution is -2.33. The van der Waals surface area contributed by atoms with Gasteiger partial charge in [0.05, 0.1) is 14.2 Å². The van der Waals surface area contributed by atoms with Crippen molar-refractivity contribution in [1.82, 2.24) is 4.90 Å². The van der Waals surface area contributed by atoms with Gasteiger partial charge in [-0.3, -0.25) is 4.79 Å². The highest BCUT2D eigenvalue weighted by Gasteiger charge is 2.22. The number of hydrogen-bond donors (Lipinski definition) is 1. The van der Waals surface area contributed by atoms with E-state index in [1.165, 1.54) is 0 Å². The number of carboxylic acids is 1. The molecule has 0 bridgehead atoms. The maximum atomic E-state index is 12.9. The number of amides is 1. The molecule has 0 aliphatic carbocycles. The van der Waals surface area contributed by atoms with E-state index in [4.69, 9.17) is 19.3 Å². The van der Waals surface area contributed by atoms with Crippen LogP contribution < -0.4 is 14.2 Å². The molecule has 0 spiro atoms. The van der Waals surface area contributed by atoms with Crippen molar-refractivity contribution in [1.29, 1.82) is 0 Å². The number of hydrogen-bond acceptors (Lipinski definition) is 5. The molecule has 0 aromatic heterocycles. The average molecular weight is 385 g/mol. The van der Waals surface area contributed by atoms with Crippen molar-refractivity contribution in [2.45, 2.75) is 12.8 Å². The standard InChI is InChI=1S/C21H23NO6/c1-26-18-11-14-6-8-22(9-7-15(14)12-19(18)27-2)21(25)16-4-3-5-17(10-16)28-13-20(23)24/h3-5,10-12H,6-9,13H2,1-2H3,(H,23,24). The Morgan fingerprint density at radius 3 is 2.14 bits per heavy atom. The summed E-state index contributed by atoms with van der Waals surface area (Å²) in [5.74, 6) is 0.565. The number of aliphatic carboxylic acids is 1. The summed E-state index contributed by atoms with van der Waals surface area (Å²) >= 11 is 0. The first-order chi connectivity index (χ1) is 13.5. The van der Waals surface area contributed by atoms with Gasteiger partial charge in [0.2, 0.25) is 0 Å². The van der Waals surface area contributed by atoms with Crippen LogP contribution in [0.2, 0.25) is 0 Å². The third-order valence-electron chi connectivity index (χ3n) is 4.74. The van der Waals surface area contributed by atoms with Gasteiger partial charge in [0.15, 0.2) is 18.1 Å². The number of ether oxygens (including phenoxy) is 3. The summed E-state index contributed by atoms with van der Waals surface area (Å²) in [5, 5.41) is 8.73. The molecule has 7 nitrogen and oxygen atoms in total. The van der Waals surface area contributed by atoms with Gasteiger partial charge in [0.25, 0.3) is 5.91 Å². The van der Waals surface area contributed by atoms with E-state index < -0.39 is 12.6 Å². The Balaban J connectivity index is 1.74.